The van der Waals surface area contributed by atoms with E-state index >= 15 is 0 Å². The van der Waals surface area contributed by atoms with Crippen LogP contribution in [0, 0.1) is 0 Å². The van der Waals surface area contributed by atoms with Crippen molar-refractivity contribution in [2.75, 3.05) is 39.3 Å². The molecule has 0 atom stereocenters. The highest BCUT2D eigenvalue weighted by atomic mass is 16.5. The minimum atomic E-state index is 0.130. The number of hydrogen-bond acceptors (Lipinski definition) is 4. The molecule has 1 fully saturated rings. The quantitative estimate of drug-likeness (QED) is 0.857. The molecular weight excluding hydrogens is 280 g/mol. The van der Waals surface area contributed by atoms with Gasteiger partial charge in [-0.15, -0.1) is 0 Å². The standard InChI is InChI=1S/C17H26N2O3/c1-14(2)22-16-5-3-4-15(12-16)13-17(21)19-8-6-18(7-9-19)10-11-20/h3-5,12,14,20H,6-11,13H2,1-2H3. The third-order valence-corrected chi connectivity index (χ3v) is 3.77. The molecule has 22 heavy (non-hydrogen) atoms. The maximum Gasteiger partial charge on any atom is 0.227 e. The van der Waals surface area contributed by atoms with Crippen molar-refractivity contribution in [1.82, 2.24) is 9.80 Å². The first kappa shape index (κ1) is 16.8. The summed E-state index contributed by atoms with van der Waals surface area (Å²) in [6.45, 7) is 7.99. The molecule has 0 bridgehead atoms. The maximum atomic E-state index is 12.4. The topological polar surface area (TPSA) is 53.0 Å². The average molecular weight is 306 g/mol. The van der Waals surface area contributed by atoms with Gasteiger partial charge in [0.25, 0.3) is 0 Å². The molecule has 1 N–H and O–H groups in total. The van der Waals surface area contributed by atoms with Gasteiger partial charge in [0.15, 0.2) is 0 Å². The second-order valence-corrected chi connectivity index (χ2v) is 5.94. The van der Waals surface area contributed by atoms with Crippen molar-refractivity contribution in [3.8, 4) is 5.75 Å². The summed E-state index contributed by atoms with van der Waals surface area (Å²) in [4.78, 5) is 16.5. The monoisotopic (exact) mass is 306 g/mol. The number of carbonyl (C=O) groups excluding carboxylic acids is 1. The van der Waals surface area contributed by atoms with Gasteiger partial charge in [0.2, 0.25) is 5.91 Å². The Balaban J connectivity index is 1.87. The van der Waals surface area contributed by atoms with E-state index < -0.39 is 0 Å². The van der Waals surface area contributed by atoms with Crippen LogP contribution >= 0.6 is 0 Å². The summed E-state index contributed by atoms with van der Waals surface area (Å²) in [5.74, 6) is 0.971. The zero-order valence-corrected chi connectivity index (χ0v) is 13.5. The molecule has 5 heteroatoms. The predicted octanol–water partition coefficient (Wildman–Crippen LogP) is 1.15. The lowest BCUT2D eigenvalue weighted by Gasteiger charge is -2.34. The van der Waals surface area contributed by atoms with E-state index in [0.717, 1.165) is 37.5 Å². The van der Waals surface area contributed by atoms with Crippen LogP contribution in [0.2, 0.25) is 0 Å². The van der Waals surface area contributed by atoms with Gasteiger partial charge in [0.05, 0.1) is 19.1 Å². The van der Waals surface area contributed by atoms with E-state index in [2.05, 4.69) is 4.90 Å². The van der Waals surface area contributed by atoms with Gasteiger partial charge in [-0.1, -0.05) is 12.1 Å². The van der Waals surface area contributed by atoms with Gasteiger partial charge >= 0.3 is 0 Å². The highest BCUT2D eigenvalue weighted by Gasteiger charge is 2.20. The van der Waals surface area contributed by atoms with E-state index in [9.17, 15) is 4.79 Å². The van der Waals surface area contributed by atoms with Gasteiger partial charge in [-0.05, 0) is 31.5 Å². The predicted molar refractivity (Wildman–Crippen MR) is 86.0 cm³/mol. The molecule has 1 aromatic rings. The zero-order valence-electron chi connectivity index (χ0n) is 13.5. The van der Waals surface area contributed by atoms with Crippen LogP contribution in [0.4, 0.5) is 0 Å². The van der Waals surface area contributed by atoms with Crippen molar-refractivity contribution in [3.05, 3.63) is 29.8 Å². The number of hydrogen-bond donors (Lipinski definition) is 1. The molecule has 0 aromatic heterocycles. The van der Waals surface area contributed by atoms with Crippen molar-refractivity contribution >= 4 is 5.91 Å². The lowest BCUT2D eigenvalue weighted by Crippen LogP contribution is -2.49. The van der Waals surface area contributed by atoms with E-state index in [1.54, 1.807) is 0 Å². The number of amides is 1. The maximum absolute atomic E-state index is 12.4. The van der Waals surface area contributed by atoms with Crippen molar-refractivity contribution in [1.29, 1.82) is 0 Å². The normalized spacial score (nSPS) is 16.1. The largest absolute Gasteiger partial charge is 0.491 e. The number of benzene rings is 1. The summed E-state index contributed by atoms with van der Waals surface area (Å²) in [7, 11) is 0. The second-order valence-electron chi connectivity index (χ2n) is 5.94. The molecule has 0 aliphatic carbocycles. The number of carbonyl (C=O) groups is 1. The van der Waals surface area contributed by atoms with Gasteiger partial charge in [-0.2, -0.15) is 0 Å². The molecule has 0 saturated carbocycles. The first-order valence-corrected chi connectivity index (χ1v) is 7.95. The number of aliphatic hydroxyl groups excluding tert-OH is 1. The van der Waals surface area contributed by atoms with Crippen LogP contribution in [0.5, 0.6) is 5.75 Å². The molecule has 5 nitrogen and oxygen atoms in total. The molecule has 2 rings (SSSR count). The van der Waals surface area contributed by atoms with E-state index in [1.165, 1.54) is 0 Å². The van der Waals surface area contributed by atoms with Crippen LogP contribution in [0.15, 0.2) is 24.3 Å². The highest BCUT2D eigenvalue weighted by Crippen LogP contribution is 2.16. The van der Waals surface area contributed by atoms with Crippen molar-refractivity contribution in [2.45, 2.75) is 26.4 Å². The molecule has 1 aliphatic rings. The molecular formula is C17H26N2O3. The molecule has 1 aliphatic heterocycles. The third-order valence-electron chi connectivity index (χ3n) is 3.77. The number of ether oxygens (including phenoxy) is 1. The smallest absolute Gasteiger partial charge is 0.227 e. The molecule has 0 unspecified atom stereocenters. The Morgan fingerprint density at radius 1 is 1.27 bits per heavy atom. The Labute approximate surface area is 132 Å². The number of β-amino-alcohol motifs (C(OH)–C–C–N with tert-alkyl or cyclic N) is 1. The number of nitrogens with zero attached hydrogens (tertiary/aromatic N) is 2. The summed E-state index contributed by atoms with van der Waals surface area (Å²) in [5, 5.41) is 8.94. The van der Waals surface area contributed by atoms with Crippen LogP contribution in [0.3, 0.4) is 0 Å². The Hall–Kier alpha value is -1.59. The molecule has 1 amide bonds. The van der Waals surface area contributed by atoms with Gasteiger partial charge in [0.1, 0.15) is 5.75 Å². The van der Waals surface area contributed by atoms with E-state index in [4.69, 9.17) is 9.84 Å². The average Bonchev–Trinajstić information content (AvgIpc) is 2.48. The Kier molecular flexibility index (Phi) is 6.21. The van der Waals surface area contributed by atoms with Crippen LogP contribution < -0.4 is 4.74 Å². The summed E-state index contributed by atoms with van der Waals surface area (Å²) < 4.78 is 5.67. The number of rotatable bonds is 6. The van der Waals surface area contributed by atoms with Crippen LogP contribution in [0.1, 0.15) is 19.4 Å². The van der Waals surface area contributed by atoms with Gasteiger partial charge in [-0.3, -0.25) is 9.69 Å². The first-order chi connectivity index (χ1) is 10.6. The van der Waals surface area contributed by atoms with Gasteiger partial charge < -0.3 is 14.7 Å². The van der Waals surface area contributed by atoms with Crippen LogP contribution in [-0.2, 0) is 11.2 Å². The molecule has 0 spiro atoms. The van der Waals surface area contributed by atoms with E-state index in [0.29, 0.717) is 13.0 Å². The fraction of sp³-hybridized carbons (Fsp3) is 0.588. The minimum absolute atomic E-state index is 0.130. The summed E-state index contributed by atoms with van der Waals surface area (Å²) in [6, 6.07) is 7.76. The van der Waals surface area contributed by atoms with Crippen molar-refractivity contribution < 1.29 is 14.6 Å². The third kappa shape index (κ3) is 5.00. The molecule has 0 radical (unpaired) electrons. The Morgan fingerprint density at radius 2 is 2.00 bits per heavy atom. The van der Waals surface area contributed by atoms with E-state index in [1.807, 2.05) is 43.0 Å². The second kappa shape index (κ2) is 8.15. The minimum Gasteiger partial charge on any atom is -0.491 e. The zero-order chi connectivity index (χ0) is 15.9. The first-order valence-electron chi connectivity index (χ1n) is 7.95. The SMILES string of the molecule is CC(C)Oc1cccc(CC(=O)N2CCN(CCO)CC2)c1. The fourth-order valence-electron chi connectivity index (χ4n) is 2.65. The van der Waals surface area contributed by atoms with E-state index in [-0.39, 0.29) is 18.6 Å². The molecule has 1 aromatic carbocycles. The summed E-state index contributed by atoms with van der Waals surface area (Å²) in [6.07, 6.45) is 0.542. The van der Waals surface area contributed by atoms with Crippen molar-refractivity contribution in [3.63, 3.8) is 0 Å². The highest BCUT2D eigenvalue weighted by molar-refractivity contribution is 5.79. The van der Waals surface area contributed by atoms with Crippen LogP contribution in [0.25, 0.3) is 0 Å². The molecule has 122 valence electrons. The molecule has 1 saturated heterocycles. The number of piperazine rings is 1. The lowest BCUT2D eigenvalue weighted by molar-refractivity contribution is -0.132. The fourth-order valence-corrected chi connectivity index (χ4v) is 2.65. The van der Waals surface area contributed by atoms with Crippen molar-refractivity contribution in [2.24, 2.45) is 0 Å². The lowest BCUT2D eigenvalue weighted by atomic mass is 10.1. The summed E-state index contributed by atoms with van der Waals surface area (Å²) >= 11 is 0. The summed E-state index contributed by atoms with van der Waals surface area (Å²) in [5.41, 5.74) is 0.987. The van der Waals surface area contributed by atoms with Gasteiger partial charge in [-0.25, -0.2) is 0 Å². The number of aliphatic hydroxyl groups is 1. The molecule has 1 heterocycles. The Bertz CT molecular complexity index is 483. The Morgan fingerprint density at radius 3 is 2.64 bits per heavy atom. The van der Waals surface area contributed by atoms with Gasteiger partial charge in [0, 0.05) is 32.7 Å². The van der Waals surface area contributed by atoms with Crippen LogP contribution in [-0.4, -0.2) is 66.2 Å².